The highest BCUT2D eigenvalue weighted by Gasteiger charge is 2.22. The van der Waals surface area contributed by atoms with Crippen molar-refractivity contribution in [3.63, 3.8) is 0 Å². The molecule has 0 bridgehead atoms. The molecule has 1 atom stereocenters. The van der Waals surface area contributed by atoms with E-state index in [2.05, 4.69) is 47.3 Å². The van der Waals surface area contributed by atoms with E-state index in [4.69, 9.17) is 0 Å². The number of benzene rings is 1. The monoisotopic (exact) mass is 303 g/mol. The van der Waals surface area contributed by atoms with Crippen molar-refractivity contribution in [2.24, 2.45) is 5.92 Å². The molecular formula is C19H33N3. The van der Waals surface area contributed by atoms with Crippen LogP contribution in [0.25, 0.3) is 0 Å². The fourth-order valence-electron chi connectivity index (χ4n) is 3.60. The minimum absolute atomic E-state index is 0.837. The lowest BCUT2D eigenvalue weighted by Crippen LogP contribution is -2.44. The summed E-state index contributed by atoms with van der Waals surface area (Å²) in [5.41, 5.74) is 4.43. The Morgan fingerprint density at radius 2 is 1.86 bits per heavy atom. The molecule has 124 valence electrons. The van der Waals surface area contributed by atoms with E-state index in [1.54, 1.807) is 5.56 Å². The van der Waals surface area contributed by atoms with E-state index in [0.29, 0.717) is 0 Å². The largest absolute Gasteiger partial charge is 0.369 e. The SMILES string of the molecule is CC.Cc1ccc(N2CCNCC2)c(CC2CCN(C)C2)c1. The van der Waals surface area contributed by atoms with Gasteiger partial charge in [-0.3, -0.25) is 0 Å². The maximum Gasteiger partial charge on any atom is 0.0399 e. The van der Waals surface area contributed by atoms with Gasteiger partial charge in [-0.05, 0) is 50.9 Å². The maximum absolute atomic E-state index is 3.45. The molecule has 2 fully saturated rings. The van der Waals surface area contributed by atoms with E-state index in [-0.39, 0.29) is 0 Å². The van der Waals surface area contributed by atoms with Gasteiger partial charge in [0.05, 0.1) is 0 Å². The van der Waals surface area contributed by atoms with Gasteiger partial charge in [0.25, 0.3) is 0 Å². The number of rotatable bonds is 3. The Morgan fingerprint density at radius 1 is 1.14 bits per heavy atom. The first-order valence-corrected chi connectivity index (χ1v) is 8.96. The summed E-state index contributed by atoms with van der Waals surface area (Å²) in [4.78, 5) is 5.02. The molecule has 0 amide bonds. The summed E-state index contributed by atoms with van der Waals surface area (Å²) in [5.74, 6) is 0.837. The first kappa shape index (κ1) is 17.3. The van der Waals surface area contributed by atoms with E-state index in [1.165, 1.54) is 37.2 Å². The third-order valence-electron chi connectivity index (χ3n) is 4.69. The minimum Gasteiger partial charge on any atom is -0.369 e. The average molecular weight is 303 g/mol. The van der Waals surface area contributed by atoms with Crippen LogP contribution >= 0.6 is 0 Å². The molecular weight excluding hydrogens is 270 g/mol. The van der Waals surface area contributed by atoms with Gasteiger partial charge in [0, 0.05) is 38.4 Å². The Kier molecular flexibility index (Phi) is 6.71. The van der Waals surface area contributed by atoms with E-state index in [1.807, 2.05) is 13.8 Å². The molecule has 0 aromatic heterocycles. The number of anilines is 1. The van der Waals surface area contributed by atoms with Crippen LogP contribution in [-0.4, -0.2) is 51.2 Å². The van der Waals surface area contributed by atoms with Gasteiger partial charge in [-0.2, -0.15) is 0 Å². The van der Waals surface area contributed by atoms with Gasteiger partial charge < -0.3 is 15.1 Å². The first-order valence-electron chi connectivity index (χ1n) is 8.96. The van der Waals surface area contributed by atoms with Crippen LogP contribution < -0.4 is 10.2 Å². The highest BCUT2D eigenvalue weighted by Crippen LogP contribution is 2.28. The van der Waals surface area contributed by atoms with Crippen LogP contribution in [0.15, 0.2) is 18.2 Å². The molecule has 2 aliphatic rings. The molecule has 1 aromatic carbocycles. The van der Waals surface area contributed by atoms with Crippen molar-refractivity contribution >= 4 is 5.69 Å². The predicted octanol–water partition coefficient (Wildman–Crippen LogP) is 2.93. The second-order valence-corrected chi connectivity index (χ2v) is 6.49. The zero-order chi connectivity index (χ0) is 15.9. The van der Waals surface area contributed by atoms with Crippen molar-refractivity contribution < 1.29 is 0 Å². The van der Waals surface area contributed by atoms with Gasteiger partial charge in [0.15, 0.2) is 0 Å². The summed E-state index contributed by atoms with van der Waals surface area (Å²) < 4.78 is 0. The highest BCUT2D eigenvalue weighted by molar-refractivity contribution is 5.55. The van der Waals surface area contributed by atoms with Crippen molar-refractivity contribution in [3.05, 3.63) is 29.3 Å². The van der Waals surface area contributed by atoms with Crippen molar-refractivity contribution in [1.82, 2.24) is 10.2 Å². The third kappa shape index (κ3) is 4.47. The van der Waals surface area contributed by atoms with Crippen LogP contribution in [0.2, 0.25) is 0 Å². The normalized spacial score (nSPS) is 22.4. The number of nitrogens with zero attached hydrogens (tertiary/aromatic N) is 2. The summed E-state index contributed by atoms with van der Waals surface area (Å²) in [6, 6.07) is 7.02. The summed E-state index contributed by atoms with van der Waals surface area (Å²) in [5, 5.41) is 3.45. The Bertz CT molecular complexity index is 452. The summed E-state index contributed by atoms with van der Waals surface area (Å²) in [6.45, 7) is 13.2. The molecule has 0 radical (unpaired) electrons. The molecule has 3 heteroatoms. The Labute approximate surface area is 136 Å². The van der Waals surface area contributed by atoms with Crippen molar-refractivity contribution in [1.29, 1.82) is 0 Å². The third-order valence-corrected chi connectivity index (χ3v) is 4.69. The van der Waals surface area contributed by atoms with Crippen molar-refractivity contribution in [2.75, 3.05) is 51.2 Å². The maximum atomic E-state index is 3.45. The first-order chi connectivity index (χ1) is 10.7. The molecule has 3 rings (SSSR count). The van der Waals surface area contributed by atoms with E-state index >= 15 is 0 Å². The van der Waals surface area contributed by atoms with E-state index in [0.717, 1.165) is 32.1 Å². The number of nitrogens with one attached hydrogen (secondary N) is 1. The molecule has 1 unspecified atom stereocenters. The van der Waals surface area contributed by atoms with Gasteiger partial charge in [-0.15, -0.1) is 0 Å². The molecule has 3 nitrogen and oxygen atoms in total. The van der Waals surface area contributed by atoms with Gasteiger partial charge in [0.2, 0.25) is 0 Å². The number of hydrogen-bond donors (Lipinski definition) is 1. The Balaban J connectivity index is 0.000000847. The predicted molar refractivity (Wildman–Crippen MR) is 96.9 cm³/mol. The van der Waals surface area contributed by atoms with Crippen molar-refractivity contribution in [2.45, 2.75) is 33.6 Å². The van der Waals surface area contributed by atoms with Gasteiger partial charge in [-0.25, -0.2) is 0 Å². The zero-order valence-electron chi connectivity index (χ0n) is 14.9. The molecule has 0 spiro atoms. The van der Waals surface area contributed by atoms with Crippen LogP contribution in [0, 0.1) is 12.8 Å². The molecule has 1 N–H and O–H groups in total. The molecule has 0 saturated carbocycles. The molecule has 2 heterocycles. The molecule has 22 heavy (non-hydrogen) atoms. The fraction of sp³-hybridized carbons (Fsp3) is 0.684. The van der Waals surface area contributed by atoms with Crippen LogP contribution in [0.3, 0.4) is 0 Å². The molecule has 2 saturated heterocycles. The molecule has 2 aliphatic heterocycles. The fourth-order valence-corrected chi connectivity index (χ4v) is 3.60. The van der Waals surface area contributed by atoms with Crippen LogP contribution in [0.1, 0.15) is 31.4 Å². The summed E-state index contributed by atoms with van der Waals surface area (Å²) in [7, 11) is 2.24. The van der Waals surface area contributed by atoms with Crippen LogP contribution in [-0.2, 0) is 6.42 Å². The zero-order valence-corrected chi connectivity index (χ0v) is 14.9. The average Bonchev–Trinajstić information content (AvgIpc) is 2.95. The molecule has 0 aliphatic carbocycles. The van der Waals surface area contributed by atoms with Crippen LogP contribution in [0.4, 0.5) is 5.69 Å². The summed E-state index contributed by atoms with van der Waals surface area (Å²) in [6.07, 6.45) is 2.59. The number of hydrogen-bond acceptors (Lipinski definition) is 3. The smallest absolute Gasteiger partial charge is 0.0399 e. The van der Waals surface area contributed by atoms with E-state index in [9.17, 15) is 0 Å². The van der Waals surface area contributed by atoms with E-state index < -0.39 is 0 Å². The van der Waals surface area contributed by atoms with Crippen molar-refractivity contribution in [3.8, 4) is 0 Å². The number of aryl methyl sites for hydroxylation is 1. The van der Waals surface area contributed by atoms with Gasteiger partial charge >= 0.3 is 0 Å². The second kappa shape index (κ2) is 8.54. The lowest BCUT2D eigenvalue weighted by molar-refractivity contribution is 0.394. The minimum atomic E-state index is 0.837. The lowest BCUT2D eigenvalue weighted by atomic mass is 9.95. The topological polar surface area (TPSA) is 18.5 Å². The second-order valence-electron chi connectivity index (χ2n) is 6.49. The van der Waals surface area contributed by atoms with Gasteiger partial charge in [-0.1, -0.05) is 31.5 Å². The number of piperazine rings is 1. The quantitative estimate of drug-likeness (QED) is 0.926. The summed E-state index contributed by atoms with van der Waals surface area (Å²) >= 11 is 0. The standard InChI is InChI=1S/C17H27N3.C2H6/c1-14-3-4-17(20-9-6-18-7-10-20)16(11-14)12-15-5-8-19(2)13-15;1-2/h3-4,11,15,18H,5-10,12-13H2,1-2H3;1-2H3. The molecule has 1 aromatic rings. The Morgan fingerprint density at radius 3 is 2.50 bits per heavy atom. The van der Waals surface area contributed by atoms with Gasteiger partial charge in [0.1, 0.15) is 0 Å². The van der Waals surface area contributed by atoms with Crippen LogP contribution in [0.5, 0.6) is 0 Å². The highest BCUT2D eigenvalue weighted by atomic mass is 15.2. The Hall–Kier alpha value is -1.06. The number of likely N-dealkylation sites (tertiary alicyclic amines) is 1. The lowest BCUT2D eigenvalue weighted by Gasteiger charge is -2.32.